The van der Waals surface area contributed by atoms with Crippen molar-refractivity contribution in [2.24, 2.45) is 5.73 Å². The zero-order valence-electron chi connectivity index (χ0n) is 12.3. The molecule has 2 saturated heterocycles. The number of carbonyl (C=O) groups is 1. The quantitative estimate of drug-likeness (QED) is 0.756. The minimum Gasteiger partial charge on any atom is -0.385 e. The fourth-order valence-corrected chi connectivity index (χ4v) is 4.00. The van der Waals surface area contributed by atoms with Crippen LogP contribution in [0.2, 0.25) is 0 Å². The largest absolute Gasteiger partial charge is 0.385 e. The first kappa shape index (κ1) is 16.1. The van der Waals surface area contributed by atoms with E-state index in [9.17, 15) is 4.79 Å². The Morgan fingerprint density at radius 2 is 2.40 bits per heavy atom. The second-order valence-electron chi connectivity index (χ2n) is 5.53. The molecule has 5 nitrogen and oxygen atoms in total. The molecule has 2 heterocycles. The Balaban J connectivity index is 1.94. The van der Waals surface area contributed by atoms with Gasteiger partial charge in [-0.1, -0.05) is 0 Å². The lowest BCUT2D eigenvalue weighted by molar-refractivity contribution is -0.136. The van der Waals surface area contributed by atoms with E-state index >= 15 is 0 Å². The molecular weight excluding hydrogens is 276 g/mol. The third-order valence-electron chi connectivity index (χ3n) is 4.00. The number of methoxy groups -OCH3 is 1. The summed E-state index contributed by atoms with van der Waals surface area (Å²) in [5.41, 5.74) is 6.03. The molecule has 0 radical (unpaired) electrons. The third-order valence-corrected chi connectivity index (χ3v) is 5.15. The standard InChI is InChI=1S/C14H26N2O3S/c1-18-7-4-13(15)14(17)16(11-5-8-20-10-11)9-12-3-2-6-19-12/h11-13H,2-10,15H2,1H3. The van der Waals surface area contributed by atoms with Gasteiger partial charge in [-0.05, 0) is 31.4 Å². The summed E-state index contributed by atoms with van der Waals surface area (Å²) < 4.78 is 10.7. The molecule has 116 valence electrons. The van der Waals surface area contributed by atoms with Gasteiger partial charge >= 0.3 is 0 Å². The van der Waals surface area contributed by atoms with Crippen LogP contribution in [0, 0.1) is 0 Å². The third kappa shape index (κ3) is 4.35. The summed E-state index contributed by atoms with van der Waals surface area (Å²) in [6.45, 7) is 2.05. The van der Waals surface area contributed by atoms with Crippen molar-refractivity contribution in [3.8, 4) is 0 Å². The van der Waals surface area contributed by atoms with Gasteiger partial charge in [-0.15, -0.1) is 0 Å². The average Bonchev–Trinajstić information content (AvgIpc) is 3.13. The van der Waals surface area contributed by atoms with Crippen molar-refractivity contribution >= 4 is 17.7 Å². The van der Waals surface area contributed by atoms with E-state index in [-0.39, 0.29) is 12.0 Å². The monoisotopic (exact) mass is 302 g/mol. The van der Waals surface area contributed by atoms with Crippen molar-refractivity contribution in [1.82, 2.24) is 4.90 Å². The first-order valence-electron chi connectivity index (χ1n) is 7.46. The fraction of sp³-hybridized carbons (Fsp3) is 0.929. The predicted octanol–water partition coefficient (Wildman–Crippen LogP) is 0.863. The van der Waals surface area contributed by atoms with Crippen LogP contribution in [0.5, 0.6) is 0 Å². The van der Waals surface area contributed by atoms with Crippen molar-refractivity contribution in [3.63, 3.8) is 0 Å². The van der Waals surface area contributed by atoms with E-state index in [1.165, 1.54) is 0 Å². The van der Waals surface area contributed by atoms with Crippen LogP contribution in [0.4, 0.5) is 0 Å². The minimum absolute atomic E-state index is 0.0602. The number of hydrogen-bond donors (Lipinski definition) is 1. The highest BCUT2D eigenvalue weighted by Crippen LogP contribution is 2.25. The number of hydrogen-bond acceptors (Lipinski definition) is 5. The van der Waals surface area contributed by atoms with Crippen LogP contribution >= 0.6 is 11.8 Å². The van der Waals surface area contributed by atoms with Crippen LogP contribution in [-0.2, 0) is 14.3 Å². The van der Waals surface area contributed by atoms with E-state index in [0.29, 0.717) is 25.6 Å². The number of ether oxygens (including phenoxy) is 2. The molecule has 20 heavy (non-hydrogen) atoms. The fourth-order valence-electron chi connectivity index (χ4n) is 2.78. The van der Waals surface area contributed by atoms with Crippen molar-refractivity contribution in [2.45, 2.75) is 43.9 Å². The van der Waals surface area contributed by atoms with Gasteiger partial charge in [-0.2, -0.15) is 11.8 Å². The highest BCUT2D eigenvalue weighted by Gasteiger charge is 2.32. The summed E-state index contributed by atoms with van der Waals surface area (Å²) in [5, 5.41) is 0. The number of nitrogens with two attached hydrogens (primary N) is 1. The van der Waals surface area contributed by atoms with Gasteiger partial charge in [0.25, 0.3) is 0 Å². The molecule has 0 spiro atoms. The first-order chi connectivity index (χ1) is 9.72. The van der Waals surface area contributed by atoms with E-state index in [2.05, 4.69) is 0 Å². The number of thioether (sulfide) groups is 1. The lowest BCUT2D eigenvalue weighted by atomic mass is 10.1. The van der Waals surface area contributed by atoms with E-state index in [0.717, 1.165) is 37.4 Å². The molecule has 2 N–H and O–H groups in total. The van der Waals surface area contributed by atoms with E-state index in [1.807, 2.05) is 16.7 Å². The average molecular weight is 302 g/mol. The molecule has 3 unspecified atom stereocenters. The van der Waals surface area contributed by atoms with Gasteiger partial charge in [-0.25, -0.2) is 0 Å². The summed E-state index contributed by atoms with van der Waals surface area (Å²) in [6.07, 6.45) is 4.00. The summed E-state index contributed by atoms with van der Waals surface area (Å²) in [6, 6.07) is -0.132. The van der Waals surface area contributed by atoms with Crippen molar-refractivity contribution in [1.29, 1.82) is 0 Å². The Labute approximate surface area is 125 Å². The van der Waals surface area contributed by atoms with Gasteiger partial charge in [0.2, 0.25) is 5.91 Å². The molecule has 0 saturated carbocycles. The van der Waals surface area contributed by atoms with Crippen LogP contribution in [0.3, 0.4) is 0 Å². The molecule has 2 fully saturated rings. The zero-order valence-corrected chi connectivity index (χ0v) is 13.1. The number of carbonyl (C=O) groups excluding carboxylic acids is 1. The number of nitrogens with zero attached hydrogens (tertiary/aromatic N) is 1. The summed E-state index contributed by atoms with van der Waals surface area (Å²) in [5.74, 6) is 2.22. The first-order valence-corrected chi connectivity index (χ1v) is 8.62. The summed E-state index contributed by atoms with van der Waals surface area (Å²) in [7, 11) is 1.63. The topological polar surface area (TPSA) is 64.8 Å². The molecular formula is C14H26N2O3S. The molecule has 2 aliphatic heterocycles. The number of rotatable bonds is 7. The Morgan fingerprint density at radius 3 is 3.00 bits per heavy atom. The van der Waals surface area contributed by atoms with E-state index in [4.69, 9.17) is 15.2 Å². The van der Waals surface area contributed by atoms with Crippen LogP contribution in [0.1, 0.15) is 25.7 Å². The van der Waals surface area contributed by atoms with Gasteiger partial charge < -0.3 is 20.1 Å². The van der Waals surface area contributed by atoms with E-state index in [1.54, 1.807) is 7.11 Å². The Morgan fingerprint density at radius 1 is 1.55 bits per heavy atom. The van der Waals surface area contributed by atoms with Crippen molar-refractivity contribution < 1.29 is 14.3 Å². The lowest BCUT2D eigenvalue weighted by Crippen LogP contribution is -2.51. The van der Waals surface area contributed by atoms with E-state index < -0.39 is 6.04 Å². The second kappa shape index (κ2) is 8.22. The zero-order chi connectivity index (χ0) is 14.4. The van der Waals surface area contributed by atoms with Gasteiger partial charge in [-0.3, -0.25) is 4.79 Å². The van der Waals surface area contributed by atoms with Gasteiger partial charge in [0.05, 0.1) is 12.1 Å². The van der Waals surface area contributed by atoms with Gasteiger partial charge in [0.15, 0.2) is 0 Å². The lowest BCUT2D eigenvalue weighted by Gasteiger charge is -2.32. The maximum absolute atomic E-state index is 12.6. The molecule has 0 aromatic rings. The molecule has 2 aliphatic rings. The maximum atomic E-state index is 12.6. The molecule has 0 aromatic carbocycles. The molecule has 0 aromatic heterocycles. The normalized spacial score (nSPS) is 27.7. The van der Waals surface area contributed by atoms with Crippen molar-refractivity contribution in [2.75, 3.05) is 38.4 Å². The summed E-state index contributed by atoms with van der Waals surface area (Å²) in [4.78, 5) is 14.6. The van der Waals surface area contributed by atoms with Crippen LogP contribution in [-0.4, -0.2) is 67.4 Å². The molecule has 2 rings (SSSR count). The Hall–Kier alpha value is -0.300. The van der Waals surface area contributed by atoms with Gasteiger partial charge in [0, 0.05) is 38.7 Å². The Bertz CT molecular complexity index is 305. The molecule has 0 bridgehead atoms. The molecule has 0 aliphatic carbocycles. The second-order valence-corrected chi connectivity index (χ2v) is 6.68. The molecule has 3 atom stereocenters. The number of amides is 1. The SMILES string of the molecule is COCCC(N)C(=O)N(CC1CCCO1)C1CCSC1. The smallest absolute Gasteiger partial charge is 0.239 e. The van der Waals surface area contributed by atoms with Crippen LogP contribution in [0.15, 0.2) is 0 Å². The van der Waals surface area contributed by atoms with Crippen molar-refractivity contribution in [3.05, 3.63) is 0 Å². The Kier molecular flexibility index (Phi) is 6.61. The van der Waals surface area contributed by atoms with Gasteiger partial charge in [0.1, 0.15) is 0 Å². The highest BCUT2D eigenvalue weighted by atomic mass is 32.2. The molecule has 1 amide bonds. The highest BCUT2D eigenvalue weighted by molar-refractivity contribution is 7.99. The maximum Gasteiger partial charge on any atom is 0.239 e. The summed E-state index contributed by atoms with van der Waals surface area (Å²) >= 11 is 1.92. The minimum atomic E-state index is -0.457. The van der Waals surface area contributed by atoms with Crippen LogP contribution in [0.25, 0.3) is 0 Å². The molecule has 6 heteroatoms. The predicted molar refractivity (Wildman–Crippen MR) is 80.9 cm³/mol. The van der Waals surface area contributed by atoms with Crippen LogP contribution < -0.4 is 5.73 Å².